The molecule has 0 fully saturated rings. The molecule has 1 aromatic carbocycles. The van der Waals surface area contributed by atoms with Crippen LogP contribution in [-0.4, -0.2) is 29.4 Å². The van der Waals surface area contributed by atoms with Gasteiger partial charge < -0.3 is 4.74 Å². The van der Waals surface area contributed by atoms with Gasteiger partial charge in [-0.05, 0) is 12.1 Å². The fourth-order valence-electron chi connectivity index (χ4n) is 1.59. The number of hydrogen-bond donors (Lipinski definition) is 0. The van der Waals surface area contributed by atoms with E-state index in [1.54, 1.807) is 30.2 Å². The largest absolute Gasteiger partial charge is 0.497 e. The summed E-state index contributed by atoms with van der Waals surface area (Å²) in [6.07, 6.45) is 0. The van der Waals surface area contributed by atoms with Crippen LogP contribution in [0.2, 0.25) is 0 Å². The van der Waals surface area contributed by atoms with Gasteiger partial charge in [0.1, 0.15) is 15.8 Å². The van der Waals surface area contributed by atoms with E-state index in [1.165, 1.54) is 4.70 Å². The predicted molar refractivity (Wildman–Crippen MR) is 70.0 cm³/mol. The van der Waals surface area contributed by atoms with E-state index in [9.17, 15) is 0 Å². The third kappa shape index (κ3) is 1.70. The van der Waals surface area contributed by atoms with E-state index >= 15 is 0 Å². The summed E-state index contributed by atoms with van der Waals surface area (Å²) in [7, 11) is 1.67. The number of fused-ring (bicyclic) bond motifs is 1. The smallest absolute Gasteiger partial charge is 0.149 e. The Balaban J connectivity index is 2.08. The average Bonchev–Trinajstić information content (AvgIpc) is 2.96. The summed E-state index contributed by atoms with van der Waals surface area (Å²) in [5.41, 5.74) is 0.995. The Morgan fingerprint density at radius 2 is 2.31 bits per heavy atom. The summed E-state index contributed by atoms with van der Waals surface area (Å²) in [4.78, 5) is 9.03. The molecular formula is C11H10N2OS2. The van der Waals surface area contributed by atoms with Crippen molar-refractivity contribution in [2.45, 2.75) is 0 Å². The molecule has 16 heavy (non-hydrogen) atoms. The zero-order valence-electron chi connectivity index (χ0n) is 8.77. The fraction of sp³-hybridized carbons (Fsp3) is 0.273. The van der Waals surface area contributed by atoms with E-state index in [1.807, 2.05) is 12.1 Å². The molecule has 0 spiro atoms. The van der Waals surface area contributed by atoms with Gasteiger partial charge in [-0.3, -0.25) is 4.99 Å². The van der Waals surface area contributed by atoms with E-state index < -0.39 is 0 Å². The SMILES string of the molecule is COc1ccc2sc(C3=NCCS3)nc2c1. The molecule has 0 atom stereocenters. The first-order chi connectivity index (χ1) is 7.86. The summed E-state index contributed by atoms with van der Waals surface area (Å²) in [5.74, 6) is 1.93. The highest BCUT2D eigenvalue weighted by atomic mass is 32.2. The number of nitrogens with zero attached hydrogens (tertiary/aromatic N) is 2. The molecule has 0 unspecified atom stereocenters. The average molecular weight is 250 g/mol. The lowest BCUT2D eigenvalue weighted by Gasteiger charge is -1.96. The maximum atomic E-state index is 5.19. The summed E-state index contributed by atoms with van der Waals surface area (Å²) < 4.78 is 6.37. The van der Waals surface area contributed by atoms with Crippen molar-refractivity contribution >= 4 is 38.4 Å². The molecule has 82 valence electrons. The molecule has 5 heteroatoms. The first kappa shape index (κ1) is 10.1. The van der Waals surface area contributed by atoms with Crippen LogP contribution in [0.1, 0.15) is 5.01 Å². The molecule has 0 aliphatic carbocycles. The van der Waals surface area contributed by atoms with E-state index in [-0.39, 0.29) is 0 Å². The van der Waals surface area contributed by atoms with Crippen LogP contribution in [0.5, 0.6) is 5.75 Å². The molecule has 0 radical (unpaired) electrons. The van der Waals surface area contributed by atoms with Crippen molar-refractivity contribution in [3.05, 3.63) is 23.2 Å². The first-order valence-electron chi connectivity index (χ1n) is 4.99. The van der Waals surface area contributed by atoms with Crippen LogP contribution < -0.4 is 4.74 Å². The normalized spacial score (nSPS) is 15.4. The molecule has 0 bridgehead atoms. The number of thioether (sulfide) groups is 1. The zero-order valence-corrected chi connectivity index (χ0v) is 10.4. The van der Waals surface area contributed by atoms with Crippen molar-refractivity contribution in [3.8, 4) is 5.75 Å². The second-order valence-corrected chi connectivity index (χ2v) is 5.50. The van der Waals surface area contributed by atoms with Crippen LogP contribution in [0.3, 0.4) is 0 Å². The lowest BCUT2D eigenvalue weighted by Crippen LogP contribution is -1.88. The zero-order chi connectivity index (χ0) is 11.0. The molecule has 0 saturated carbocycles. The number of ether oxygens (including phenoxy) is 1. The molecule has 1 aliphatic heterocycles. The molecule has 0 amide bonds. The minimum Gasteiger partial charge on any atom is -0.497 e. The molecule has 2 heterocycles. The third-order valence-electron chi connectivity index (χ3n) is 2.36. The number of aliphatic imine (C=N–C) groups is 1. The third-order valence-corrected chi connectivity index (χ3v) is 4.52. The molecule has 2 aromatic rings. The summed E-state index contributed by atoms with van der Waals surface area (Å²) in [6, 6.07) is 5.99. The van der Waals surface area contributed by atoms with Crippen molar-refractivity contribution in [1.29, 1.82) is 0 Å². The predicted octanol–water partition coefficient (Wildman–Crippen LogP) is 2.80. The molecule has 3 nitrogen and oxygen atoms in total. The maximum Gasteiger partial charge on any atom is 0.149 e. The monoisotopic (exact) mass is 250 g/mol. The van der Waals surface area contributed by atoms with E-state index in [2.05, 4.69) is 16.0 Å². The van der Waals surface area contributed by atoms with E-state index in [4.69, 9.17) is 4.74 Å². The van der Waals surface area contributed by atoms with Gasteiger partial charge in [-0.2, -0.15) is 0 Å². The van der Waals surface area contributed by atoms with Crippen molar-refractivity contribution < 1.29 is 4.74 Å². The maximum absolute atomic E-state index is 5.19. The second kappa shape index (κ2) is 4.07. The van der Waals surface area contributed by atoms with Crippen LogP contribution in [0.4, 0.5) is 0 Å². The van der Waals surface area contributed by atoms with Gasteiger partial charge in [0.15, 0.2) is 0 Å². The van der Waals surface area contributed by atoms with Crippen LogP contribution in [-0.2, 0) is 0 Å². The number of benzene rings is 1. The fourth-order valence-corrected chi connectivity index (χ4v) is 3.47. The lowest BCUT2D eigenvalue weighted by atomic mass is 10.3. The molecule has 0 saturated heterocycles. The van der Waals surface area contributed by atoms with Gasteiger partial charge in [-0.1, -0.05) is 0 Å². The van der Waals surface area contributed by atoms with Gasteiger partial charge in [0, 0.05) is 18.4 Å². The van der Waals surface area contributed by atoms with Gasteiger partial charge in [0.25, 0.3) is 0 Å². The van der Waals surface area contributed by atoms with Crippen molar-refractivity contribution in [3.63, 3.8) is 0 Å². The summed E-state index contributed by atoms with van der Waals surface area (Å²) in [5, 5.41) is 2.12. The number of hydrogen-bond acceptors (Lipinski definition) is 5. The minimum absolute atomic E-state index is 0.852. The minimum atomic E-state index is 0.852. The van der Waals surface area contributed by atoms with Crippen LogP contribution in [0, 0.1) is 0 Å². The Hall–Kier alpha value is -1.07. The first-order valence-corrected chi connectivity index (χ1v) is 6.79. The van der Waals surface area contributed by atoms with E-state index in [0.29, 0.717) is 0 Å². The Bertz CT molecular complexity index is 562. The molecule has 1 aliphatic rings. The Morgan fingerprint density at radius 1 is 1.38 bits per heavy atom. The van der Waals surface area contributed by atoms with Crippen molar-refractivity contribution in [2.75, 3.05) is 19.4 Å². The van der Waals surface area contributed by atoms with Crippen LogP contribution >= 0.6 is 23.1 Å². The standard InChI is InChI=1S/C11H10N2OS2/c1-14-7-2-3-9-8(6-7)13-11(16-9)10-12-4-5-15-10/h2-3,6H,4-5H2,1H3. The highest BCUT2D eigenvalue weighted by Crippen LogP contribution is 2.29. The highest BCUT2D eigenvalue weighted by Gasteiger charge is 2.14. The topological polar surface area (TPSA) is 34.5 Å². The molecule has 1 aromatic heterocycles. The quantitative estimate of drug-likeness (QED) is 0.822. The molecule has 0 N–H and O–H groups in total. The molecule has 3 rings (SSSR count). The van der Waals surface area contributed by atoms with Gasteiger partial charge in [0.2, 0.25) is 0 Å². The van der Waals surface area contributed by atoms with E-state index in [0.717, 1.165) is 33.6 Å². The van der Waals surface area contributed by atoms with Crippen LogP contribution in [0.25, 0.3) is 10.2 Å². The highest BCUT2D eigenvalue weighted by molar-refractivity contribution is 8.15. The second-order valence-electron chi connectivity index (χ2n) is 3.39. The Kier molecular flexibility index (Phi) is 2.57. The molecular weight excluding hydrogens is 240 g/mol. The van der Waals surface area contributed by atoms with Gasteiger partial charge >= 0.3 is 0 Å². The summed E-state index contributed by atoms with van der Waals surface area (Å²) >= 11 is 3.48. The Morgan fingerprint density at radius 3 is 3.06 bits per heavy atom. The van der Waals surface area contributed by atoms with Crippen LogP contribution in [0.15, 0.2) is 23.2 Å². The van der Waals surface area contributed by atoms with Crippen molar-refractivity contribution in [1.82, 2.24) is 4.98 Å². The number of rotatable bonds is 2. The van der Waals surface area contributed by atoms with Gasteiger partial charge in [0.05, 0.1) is 17.3 Å². The number of thiazole rings is 1. The van der Waals surface area contributed by atoms with Gasteiger partial charge in [-0.25, -0.2) is 4.98 Å². The van der Waals surface area contributed by atoms with Crippen molar-refractivity contribution in [2.24, 2.45) is 4.99 Å². The Labute approximate surface area is 102 Å². The summed E-state index contributed by atoms with van der Waals surface area (Å²) in [6.45, 7) is 0.916. The number of aromatic nitrogens is 1. The lowest BCUT2D eigenvalue weighted by molar-refractivity contribution is 0.415. The van der Waals surface area contributed by atoms with Gasteiger partial charge in [-0.15, -0.1) is 23.1 Å². The number of methoxy groups -OCH3 is 1.